The second-order valence-electron chi connectivity index (χ2n) is 3.03. The lowest BCUT2D eigenvalue weighted by molar-refractivity contribution is -0.274. The van der Waals surface area contributed by atoms with Crippen molar-refractivity contribution in [1.29, 1.82) is 0 Å². The zero-order valence-electron chi connectivity index (χ0n) is 8.09. The van der Waals surface area contributed by atoms with Crippen LogP contribution in [0.4, 0.5) is 13.2 Å². The van der Waals surface area contributed by atoms with Gasteiger partial charge in [-0.15, -0.1) is 19.8 Å². The predicted octanol–water partition coefficient (Wildman–Crippen LogP) is 3.53. The Labute approximate surface area is 99.0 Å². The maximum Gasteiger partial charge on any atom is 0.573 e. The highest BCUT2D eigenvalue weighted by Gasteiger charge is 2.31. The molecule has 0 aliphatic rings. The molecule has 0 aliphatic heterocycles. The van der Waals surface area contributed by atoms with E-state index in [1.165, 1.54) is 18.2 Å². The van der Waals surface area contributed by atoms with Crippen molar-refractivity contribution in [3.05, 3.63) is 40.9 Å². The number of hydrogen-bond acceptors (Lipinski definition) is 2. The summed E-state index contributed by atoms with van der Waals surface area (Å²) in [6.07, 6.45) is -3.28. The lowest BCUT2D eigenvalue weighted by Gasteiger charge is -2.12. The van der Waals surface area contributed by atoms with E-state index >= 15 is 0 Å². The summed E-state index contributed by atoms with van der Waals surface area (Å²) in [6.45, 7) is 3.47. The van der Waals surface area contributed by atoms with Crippen LogP contribution in [0.5, 0.6) is 5.75 Å². The van der Waals surface area contributed by atoms with Crippen LogP contribution in [0.15, 0.2) is 35.3 Å². The highest BCUT2D eigenvalue weighted by molar-refractivity contribution is 9.10. The van der Waals surface area contributed by atoms with Crippen LogP contribution >= 0.6 is 15.9 Å². The molecular formula is C10H9BrF3NO. The Morgan fingerprint density at radius 2 is 2.00 bits per heavy atom. The van der Waals surface area contributed by atoms with E-state index in [1.807, 2.05) is 0 Å². The minimum atomic E-state index is -4.71. The average Bonchev–Trinajstić information content (AvgIpc) is 2.12. The van der Waals surface area contributed by atoms with Crippen molar-refractivity contribution < 1.29 is 17.9 Å². The minimum Gasteiger partial charge on any atom is -0.406 e. The number of benzene rings is 1. The van der Waals surface area contributed by atoms with Gasteiger partial charge in [-0.1, -0.05) is 22.0 Å². The van der Waals surface area contributed by atoms with Crippen molar-refractivity contribution in [1.82, 2.24) is 0 Å². The molecule has 0 radical (unpaired) electrons. The molecule has 0 heterocycles. The van der Waals surface area contributed by atoms with E-state index in [0.717, 1.165) is 0 Å². The first-order valence-corrected chi connectivity index (χ1v) is 5.05. The van der Waals surface area contributed by atoms with Gasteiger partial charge in [0.15, 0.2) is 0 Å². The zero-order valence-corrected chi connectivity index (χ0v) is 9.68. The van der Waals surface area contributed by atoms with E-state index < -0.39 is 12.4 Å². The van der Waals surface area contributed by atoms with Gasteiger partial charge >= 0.3 is 6.36 Å². The Balaban J connectivity index is 3.03. The first-order valence-electron chi connectivity index (χ1n) is 4.26. The molecule has 0 fully saturated rings. The van der Waals surface area contributed by atoms with Crippen LogP contribution in [0, 0.1) is 0 Å². The van der Waals surface area contributed by atoms with Gasteiger partial charge in [0.2, 0.25) is 0 Å². The molecule has 0 bridgehead atoms. The minimum absolute atomic E-state index is 0.311. The average molecular weight is 296 g/mol. The van der Waals surface area contributed by atoms with Gasteiger partial charge in [-0.3, -0.25) is 0 Å². The van der Waals surface area contributed by atoms with Crippen LogP contribution in [-0.2, 0) is 0 Å². The van der Waals surface area contributed by atoms with Gasteiger partial charge in [-0.25, -0.2) is 0 Å². The van der Waals surface area contributed by atoms with Crippen molar-refractivity contribution in [3.63, 3.8) is 0 Å². The fourth-order valence-corrected chi connectivity index (χ4v) is 1.60. The lowest BCUT2D eigenvalue weighted by Crippen LogP contribution is -2.17. The van der Waals surface area contributed by atoms with Gasteiger partial charge < -0.3 is 10.5 Å². The highest BCUT2D eigenvalue weighted by Crippen LogP contribution is 2.29. The van der Waals surface area contributed by atoms with Crippen LogP contribution in [0.1, 0.15) is 11.6 Å². The van der Waals surface area contributed by atoms with E-state index in [0.29, 0.717) is 10.0 Å². The molecule has 0 aromatic heterocycles. The van der Waals surface area contributed by atoms with E-state index in [2.05, 4.69) is 27.2 Å². The topological polar surface area (TPSA) is 35.2 Å². The molecule has 1 aromatic carbocycles. The second kappa shape index (κ2) is 4.88. The largest absolute Gasteiger partial charge is 0.573 e. The zero-order chi connectivity index (χ0) is 12.3. The molecule has 1 atom stereocenters. The fraction of sp³-hybridized carbons (Fsp3) is 0.200. The Bertz CT molecular complexity index is 392. The van der Waals surface area contributed by atoms with E-state index in [1.54, 1.807) is 6.07 Å². The van der Waals surface area contributed by atoms with E-state index in [-0.39, 0.29) is 5.75 Å². The van der Waals surface area contributed by atoms with Crippen molar-refractivity contribution in [2.24, 2.45) is 5.73 Å². The smallest absolute Gasteiger partial charge is 0.406 e. The Hall–Kier alpha value is -1.01. The molecule has 0 spiro atoms. The summed E-state index contributed by atoms with van der Waals surface area (Å²) < 4.78 is 40.3. The molecule has 0 saturated carbocycles. The normalized spacial score (nSPS) is 13.3. The lowest BCUT2D eigenvalue weighted by atomic mass is 10.1. The number of nitrogens with two attached hydrogens (primary N) is 1. The number of hydrogen-bond donors (Lipinski definition) is 1. The van der Waals surface area contributed by atoms with Gasteiger partial charge in [-0.05, 0) is 23.8 Å². The first-order chi connectivity index (χ1) is 7.31. The van der Waals surface area contributed by atoms with Crippen LogP contribution in [0.3, 0.4) is 0 Å². The molecule has 0 amide bonds. The molecule has 2 N–H and O–H groups in total. The maximum absolute atomic E-state index is 12.0. The molecule has 2 nitrogen and oxygen atoms in total. The number of alkyl halides is 3. The predicted molar refractivity (Wildman–Crippen MR) is 58.0 cm³/mol. The summed E-state index contributed by atoms with van der Waals surface area (Å²) in [5.41, 5.74) is 6.11. The van der Waals surface area contributed by atoms with Crippen LogP contribution in [-0.4, -0.2) is 6.36 Å². The maximum atomic E-state index is 12.0. The van der Waals surface area contributed by atoms with Gasteiger partial charge in [0.1, 0.15) is 5.75 Å². The number of halogens is 4. The molecule has 0 aliphatic carbocycles. The third-order valence-electron chi connectivity index (χ3n) is 1.77. The van der Waals surface area contributed by atoms with Gasteiger partial charge in [-0.2, -0.15) is 0 Å². The first kappa shape index (κ1) is 13.1. The van der Waals surface area contributed by atoms with Crippen LogP contribution in [0.2, 0.25) is 0 Å². The Kier molecular flexibility index (Phi) is 3.98. The number of rotatable bonds is 3. The summed E-state index contributed by atoms with van der Waals surface area (Å²) in [7, 11) is 0. The Morgan fingerprint density at radius 1 is 1.38 bits per heavy atom. The van der Waals surface area contributed by atoms with Crippen LogP contribution in [0.25, 0.3) is 0 Å². The third-order valence-corrected chi connectivity index (χ3v) is 2.22. The van der Waals surface area contributed by atoms with Crippen LogP contribution < -0.4 is 10.5 Å². The third kappa shape index (κ3) is 3.86. The highest BCUT2D eigenvalue weighted by atomic mass is 79.9. The summed E-state index contributed by atoms with van der Waals surface area (Å²) in [4.78, 5) is 0. The van der Waals surface area contributed by atoms with E-state index in [4.69, 9.17) is 5.73 Å². The molecule has 0 saturated heterocycles. The van der Waals surface area contributed by atoms with Crippen molar-refractivity contribution >= 4 is 15.9 Å². The monoisotopic (exact) mass is 295 g/mol. The fourth-order valence-electron chi connectivity index (χ4n) is 1.11. The molecule has 1 rings (SSSR count). The van der Waals surface area contributed by atoms with Gasteiger partial charge in [0.25, 0.3) is 0 Å². The standard InChI is InChI=1S/C10H9BrF3NO/c1-2-9(15)6-3-7(11)5-8(4-6)16-10(12,13)14/h2-5,9H,1,15H2/t9-/m1/s1. The van der Waals surface area contributed by atoms with Gasteiger partial charge in [0, 0.05) is 10.5 Å². The summed E-state index contributed by atoms with van der Waals surface area (Å²) >= 11 is 3.08. The SMILES string of the molecule is C=C[C@@H](N)c1cc(Br)cc(OC(F)(F)F)c1. The quantitative estimate of drug-likeness (QED) is 0.866. The summed E-state index contributed by atoms with van der Waals surface area (Å²) in [5.74, 6) is -0.311. The van der Waals surface area contributed by atoms with Gasteiger partial charge in [0.05, 0.1) is 0 Å². The number of ether oxygens (including phenoxy) is 1. The van der Waals surface area contributed by atoms with Crippen molar-refractivity contribution in [3.8, 4) is 5.75 Å². The summed E-state index contributed by atoms with van der Waals surface area (Å²) in [5, 5.41) is 0. The molecule has 16 heavy (non-hydrogen) atoms. The van der Waals surface area contributed by atoms with Crippen molar-refractivity contribution in [2.75, 3.05) is 0 Å². The molecule has 0 unspecified atom stereocenters. The molecule has 6 heteroatoms. The Morgan fingerprint density at radius 3 is 2.50 bits per heavy atom. The van der Waals surface area contributed by atoms with Crippen molar-refractivity contribution in [2.45, 2.75) is 12.4 Å². The molecule has 1 aromatic rings. The molecule has 88 valence electrons. The molecular weight excluding hydrogens is 287 g/mol. The second-order valence-corrected chi connectivity index (χ2v) is 3.95. The summed E-state index contributed by atoms with van der Waals surface area (Å²) in [6, 6.07) is 3.51. The van der Waals surface area contributed by atoms with E-state index in [9.17, 15) is 13.2 Å².